The first kappa shape index (κ1) is 11.9. The normalized spacial score (nSPS) is 23.6. The molecule has 0 N–H and O–H groups in total. The first-order valence-electron chi connectivity index (χ1n) is 6.35. The molecule has 3 rings (SSSR count). The molecule has 1 saturated heterocycles. The van der Waals surface area contributed by atoms with E-state index in [2.05, 4.69) is 24.4 Å². The van der Waals surface area contributed by atoms with Gasteiger partial charge in [0, 0.05) is 17.7 Å². The number of Topliss-reactive ketones (excluding diaryl/α,β-unsaturated/α-hetero) is 1. The van der Waals surface area contributed by atoms with E-state index in [0.717, 1.165) is 18.6 Å². The molecule has 1 fully saturated rings. The van der Waals surface area contributed by atoms with Gasteiger partial charge in [-0.1, -0.05) is 25.1 Å². The summed E-state index contributed by atoms with van der Waals surface area (Å²) in [7, 11) is 0. The molecule has 2 aromatic rings. The maximum Gasteiger partial charge on any atom is 0.166 e. The summed E-state index contributed by atoms with van der Waals surface area (Å²) in [4.78, 5) is 12.2. The lowest BCUT2D eigenvalue weighted by atomic mass is 9.96. The van der Waals surface area contributed by atoms with E-state index >= 15 is 0 Å². The summed E-state index contributed by atoms with van der Waals surface area (Å²) in [6.45, 7) is 2.82. The van der Waals surface area contributed by atoms with Crippen molar-refractivity contribution in [1.29, 1.82) is 0 Å². The summed E-state index contributed by atoms with van der Waals surface area (Å²) in [5, 5.41) is 3.31. The lowest BCUT2D eigenvalue weighted by Gasteiger charge is -2.12. The van der Waals surface area contributed by atoms with Crippen LogP contribution in [0.2, 0.25) is 0 Å². The maximum absolute atomic E-state index is 12.2. The fourth-order valence-corrected chi connectivity index (χ4v) is 3.53. The number of benzene rings is 1. The largest absolute Gasteiger partial charge is 0.370 e. The maximum atomic E-state index is 12.2. The molecule has 0 spiro atoms. The Labute approximate surface area is 111 Å². The summed E-state index contributed by atoms with van der Waals surface area (Å²) in [5.74, 6) is 0.589. The van der Waals surface area contributed by atoms with Crippen LogP contribution in [0.15, 0.2) is 29.6 Å². The number of fused-ring (bicyclic) bond motifs is 1. The van der Waals surface area contributed by atoms with Crippen molar-refractivity contribution in [2.24, 2.45) is 5.92 Å². The van der Waals surface area contributed by atoms with Crippen LogP contribution in [0.3, 0.4) is 0 Å². The third-order valence-electron chi connectivity index (χ3n) is 3.63. The van der Waals surface area contributed by atoms with Crippen LogP contribution in [0.5, 0.6) is 0 Å². The Morgan fingerprint density at radius 3 is 3.06 bits per heavy atom. The molecular weight excluding hydrogens is 244 g/mol. The lowest BCUT2D eigenvalue weighted by Crippen LogP contribution is -2.26. The number of thiophene rings is 1. The van der Waals surface area contributed by atoms with Gasteiger partial charge in [0.1, 0.15) is 6.10 Å². The monoisotopic (exact) mass is 260 g/mol. The van der Waals surface area contributed by atoms with Gasteiger partial charge in [0.15, 0.2) is 5.78 Å². The molecule has 0 bridgehead atoms. The molecule has 0 saturated carbocycles. The molecule has 0 amide bonds. The van der Waals surface area contributed by atoms with Gasteiger partial charge in [-0.3, -0.25) is 4.79 Å². The first-order valence-corrected chi connectivity index (χ1v) is 7.23. The van der Waals surface area contributed by atoms with Gasteiger partial charge in [-0.05, 0) is 34.7 Å². The van der Waals surface area contributed by atoms with Gasteiger partial charge >= 0.3 is 0 Å². The van der Waals surface area contributed by atoms with Gasteiger partial charge in [0.25, 0.3) is 0 Å². The summed E-state index contributed by atoms with van der Waals surface area (Å²) in [6, 6.07) is 8.25. The molecular formula is C15H16O2S. The lowest BCUT2D eigenvalue weighted by molar-refractivity contribution is -0.128. The van der Waals surface area contributed by atoms with Crippen molar-refractivity contribution in [2.75, 3.05) is 6.61 Å². The van der Waals surface area contributed by atoms with E-state index in [1.54, 1.807) is 11.3 Å². The van der Waals surface area contributed by atoms with Gasteiger partial charge in [0.05, 0.1) is 0 Å². The second-order valence-corrected chi connectivity index (χ2v) is 5.87. The molecule has 0 radical (unpaired) electrons. The minimum atomic E-state index is -0.191. The number of hydrogen-bond donors (Lipinski definition) is 0. The van der Waals surface area contributed by atoms with Crippen LogP contribution in [-0.2, 0) is 16.0 Å². The second-order valence-electron chi connectivity index (χ2n) is 4.96. The molecule has 2 heterocycles. The number of ketones is 1. The zero-order valence-corrected chi connectivity index (χ0v) is 11.2. The summed E-state index contributed by atoms with van der Waals surface area (Å²) >= 11 is 1.71. The predicted octanol–water partition coefficient (Wildman–Crippen LogP) is 3.44. The third-order valence-corrected chi connectivity index (χ3v) is 4.64. The van der Waals surface area contributed by atoms with Crippen molar-refractivity contribution in [2.45, 2.75) is 25.9 Å². The van der Waals surface area contributed by atoms with Crippen molar-refractivity contribution in [1.82, 2.24) is 0 Å². The number of ether oxygens (including phenoxy) is 1. The van der Waals surface area contributed by atoms with Gasteiger partial charge in [-0.2, -0.15) is 0 Å². The standard InChI is InChI=1S/C15H16O2S/c1-10-6-7-17-15(10)13(16)8-11-9-18-14-5-3-2-4-12(11)14/h2-5,9-10,15H,6-8H2,1H3. The van der Waals surface area contributed by atoms with Gasteiger partial charge in [0.2, 0.25) is 0 Å². The fourth-order valence-electron chi connectivity index (χ4n) is 2.56. The average molecular weight is 260 g/mol. The predicted molar refractivity (Wildman–Crippen MR) is 74.1 cm³/mol. The van der Waals surface area contributed by atoms with Gasteiger partial charge in [-0.15, -0.1) is 11.3 Å². The molecule has 2 unspecified atom stereocenters. The van der Waals surface area contributed by atoms with Crippen molar-refractivity contribution in [3.8, 4) is 0 Å². The minimum Gasteiger partial charge on any atom is -0.370 e. The molecule has 1 aromatic heterocycles. The molecule has 2 atom stereocenters. The molecule has 1 aliphatic heterocycles. The van der Waals surface area contributed by atoms with Crippen LogP contribution in [0.1, 0.15) is 18.9 Å². The van der Waals surface area contributed by atoms with Crippen LogP contribution in [0.25, 0.3) is 10.1 Å². The molecule has 3 heteroatoms. The quantitative estimate of drug-likeness (QED) is 0.845. The van der Waals surface area contributed by atoms with Crippen LogP contribution in [-0.4, -0.2) is 18.5 Å². The van der Waals surface area contributed by atoms with Crippen LogP contribution in [0.4, 0.5) is 0 Å². The summed E-state index contributed by atoms with van der Waals surface area (Å²) < 4.78 is 6.79. The summed E-state index contributed by atoms with van der Waals surface area (Å²) in [5.41, 5.74) is 1.14. The van der Waals surface area contributed by atoms with Crippen LogP contribution >= 0.6 is 11.3 Å². The van der Waals surface area contributed by atoms with E-state index in [9.17, 15) is 4.79 Å². The Kier molecular flexibility index (Phi) is 3.18. The molecule has 2 nitrogen and oxygen atoms in total. The van der Waals surface area contributed by atoms with Gasteiger partial charge in [-0.25, -0.2) is 0 Å². The smallest absolute Gasteiger partial charge is 0.166 e. The third kappa shape index (κ3) is 2.08. The van der Waals surface area contributed by atoms with Crippen molar-refractivity contribution in [3.63, 3.8) is 0 Å². The zero-order chi connectivity index (χ0) is 12.5. The van der Waals surface area contributed by atoms with Gasteiger partial charge < -0.3 is 4.74 Å². The Hall–Kier alpha value is -1.19. The Morgan fingerprint density at radius 2 is 2.28 bits per heavy atom. The van der Waals surface area contributed by atoms with E-state index in [4.69, 9.17) is 4.74 Å². The zero-order valence-electron chi connectivity index (χ0n) is 10.4. The molecule has 94 valence electrons. The van der Waals surface area contributed by atoms with Crippen LogP contribution in [0, 0.1) is 5.92 Å². The fraction of sp³-hybridized carbons (Fsp3) is 0.400. The highest BCUT2D eigenvalue weighted by Crippen LogP contribution is 2.28. The molecule has 18 heavy (non-hydrogen) atoms. The Balaban J connectivity index is 1.82. The number of rotatable bonds is 3. The number of hydrogen-bond acceptors (Lipinski definition) is 3. The molecule has 1 aliphatic rings. The molecule has 0 aliphatic carbocycles. The average Bonchev–Trinajstić information content (AvgIpc) is 2.97. The van der Waals surface area contributed by atoms with E-state index in [1.165, 1.54) is 10.1 Å². The highest BCUT2D eigenvalue weighted by atomic mass is 32.1. The number of carbonyl (C=O) groups excluding carboxylic acids is 1. The topological polar surface area (TPSA) is 26.3 Å². The Bertz CT molecular complexity index is 573. The van der Waals surface area contributed by atoms with E-state index in [1.807, 2.05) is 12.1 Å². The highest BCUT2D eigenvalue weighted by molar-refractivity contribution is 7.17. The van der Waals surface area contributed by atoms with E-state index in [-0.39, 0.29) is 11.9 Å². The SMILES string of the molecule is CC1CCOC1C(=O)Cc1csc2ccccc12. The van der Waals surface area contributed by atoms with E-state index < -0.39 is 0 Å². The second kappa shape index (κ2) is 4.82. The Morgan fingerprint density at radius 1 is 1.44 bits per heavy atom. The highest BCUT2D eigenvalue weighted by Gasteiger charge is 2.30. The first-order chi connectivity index (χ1) is 8.75. The minimum absolute atomic E-state index is 0.191. The van der Waals surface area contributed by atoms with Crippen LogP contribution < -0.4 is 0 Å². The van der Waals surface area contributed by atoms with Crippen molar-refractivity contribution < 1.29 is 9.53 Å². The molecule has 1 aromatic carbocycles. The van der Waals surface area contributed by atoms with Crippen molar-refractivity contribution >= 4 is 27.2 Å². The number of carbonyl (C=O) groups is 1. The van der Waals surface area contributed by atoms with E-state index in [0.29, 0.717) is 12.3 Å². The van der Waals surface area contributed by atoms with Crippen molar-refractivity contribution in [3.05, 3.63) is 35.2 Å². The summed E-state index contributed by atoms with van der Waals surface area (Å²) in [6.07, 6.45) is 1.31.